The van der Waals surface area contributed by atoms with Gasteiger partial charge in [0.15, 0.2) is 0 Å². The summed E-state index contributed by atoms with van der Waals surface area (Å²) in [6.07, 6.45) is 7.04. The van der Waals surface area contributed by atoms with Gasteiger partial charge in [-0.25, -0.2) is 0 Å². The lowest BCUT2D eigenvalue weighted by atomic mass is 9.94. The van der Waals surface area contributed by atoms with E-state index < -0.39 is 0 Å². The average Bonchev–Trinajstić information content (AvgIpc) is 3.48. The third kappa shape index (κ3) is 5.24. The fourth-order valence-electron chi connectivity index (χ4n) is 5.73. The van der Waals surface area contributed by atoms with E-state index in [4.69, 9.17) is 4.74 Å². The molecule has 3 aliphatic rings. The monoisotopic (exact) mass is 493 g/mol. The molecule has 3 N–H and O–H groups in total. The highest BCUT2D eigenvalue weighted by Crippen LogP contribution is 2.29. The van der Waals surface area contributed by atoms with Crippen molar-refractivity contribution in [3.63, 3.8) is 0 Å². The van der Waals surface area contributed by atoms with Crippen molar-refractivity contribution in [2.24, 2.45) is 0 Å². The molecule has 1 aromatic carbocycles. The van der Waals surface area contributed by atoms with E-state index in [9.17, 15) is 14.4 Å². The lowest BCUT2D eigenvalue weighted by Crippen LogP contribution is -2.48. The summed E-state index contributed by atoms with van der Waals surface area (Å²) >= 11 is 0. The maximum absolute atomic E-state index is 13.5. The number of rotatable bonds is 3. The molecule has 5 rings (SSSR count). The number of fused-ring (bicyclic) bond motifs is 5. The van der Waals surface area contributed by atoms with E-state index >= 15 is 0 Å². The number of nitrogens with zero attached hydrogens (tertiary/aromatic N) is 2. The minimum atomic E-state index is -0.192. The van der Waals surface area contributed by atoms with Crippen LogP contribution in [0.4, 0.5) is 0 Å². The van der Waals surface area contributed by atoms with Crippen molar-refractivity contribution in [2.45, 2.75) is 76.8 Å². The molecule has 2 aromatic rings. The molecule has 9 heteroatoms. The molecule has 0 spiro atoms. The minimum absolute atomic E-state index is 0.0161. The first-order valence-electron chi connectivity index (χ1n) is 13.1. The maximum Gasteiger partial charge on any atom is 0.251 e. The Balaban J connectivity index is 1.31. The number of carbonyl (C=O) groups is 3. The maximum atomic E-state index is 13.5. The molecule has 36 heavy (non-hydrogen) atoms. The van der Waals surface area contributed by atoms with E-state index in [0.29, 0.717) is 43.9 Å². The van der Waals surface area contributed by atoms with Crippen molar-refractivity contribution < 1.29 is 19.1 Å². The second-order valence-electron chi connectivity index (χ2n) is 10.1. The molecule has 3 amide bonds. The van der Waals surface area contributed by atoms with Gasteiger partial charge in [0.1, 0.15) is 12.4 Å². The zero-order valence-electron chi connectivity index (χ0n) is 20.9. The zero-order valence-corrected chi connectivity index (χ0v) is 20.9. The largest absolute Gasteiger partial charge is 0.491 e. The number of nitrogens with one attached hydrogen (secondary N) is 3. The number of ether oxygens (including phenoxy) is 1. The Morgan fingerprint density at radius 1 is 1.14 bits per heavy atom. The van der Waals surface area contributed by atoms with Crippen LogP contribution in [0.2, 0.25) is 0 Å². The van der Waals surface area contributed by atoms with Crippen molar-refractivity contribution in [1.82, 2.24) is 25.7 Å². The van der Waals surface area contributed by atoms with E-state index in [2.05, 4.69) is 20.8 Å². The lowest BCUT2D eigenvalue weighted by molar-refractivity contribution is -0.135. The quantitative estimate of drug-likeness (QED) is 0.606. The highest BCUT2D eigenvalue weighted by Gasteiger charge is 2.38. The number of amides is 3. The van der Waals surface area contributed by atoms with Gasteiger partial charge in [0.05, 0.1) is 12.2 Å². The van der Waals surface area contributed by atoms with Gasteiger partial charge < -0.3 is 20.3 Å². The molecule has 1 aromatic heterocycles. The van der Waals surface area contributed by atoms with Crippen LogP contribution in [-0.4, -0.2) is 64.6 Å². The number of hydrogen-bond donors (Lipinski definition) is 3. The summed E-state index contributed by atoms with van der Waals surface area (Å²) in [7, 11) is 0. The van der Waals surface area contributed by atoms with Crippen molar-refractivity contribution >= 4 is 17.7 Å². The van der Waals surface area contributed by atoms with Gasteiger partial charge in [-0.3, -0.25) is 19.5 Å². The fourth-order valence-corrected chi connectivity index (χ4v) is 5.73. The summed E-state index contributed by atoms with van der Waals surface area (Å²) in [4.78, 5) is 41.0. The van der Waals surface area contributed by atoms with Crippen LogP contribution in [0.15, 0.2) is 18.2 Å². The molecule has 9 nitrogen and oxygen atoms in total. The molecule has 1 aliphatic carbocycles. The molecule has 0 radical (unpaired) electrons. The van der Waals surface area contributed by atoms with Crippen LogP contribution in [0.3, 0.4) is 0 Å². The second kappa shape index (κ2) is 10.7. The molecule has 1 fully saturated rings. The topological polar surface area (TPSA) is 116 Å². The first kappa shape index (κ1) is 24.3. The Hall–Kier alpha value is -3.36. The highest BCUT2D eigenvalue weighted by atomic mass is 16.5. The first-order valence-corrected chi connectivity index (χ1v) is 13.1. The number of H-pyrrole nitrogens is 1. The van der Waals surface area contributed by atoms with Gasteiger partial charge in [-0.2, -0.15) is 5.10 Å². The summed E-state index contributed by atoms with van der Waals surface area (Å²) in [6.45, 7) is 2.94. The van der Waals surface area contributed by atoms with Crippen LogP contribution >= 0.6 is 0 Å². The van der Waals surface area contributed by atoms with Crippen LogP contribution in [0.1, 0.15) is 71.4 Å². The predicted octanol–water partition coefficient (Wildman–Crippen LogP) is 2.22. The van der Waals surface area contributed by atoms with Crippen molar-refractivity contribution in [1.29, 1.82) is 0 Å². The van der Waals surface area contributed by atoms with Crippen LogP contribution in [-0.2, 0) is 28.9 Å². The Kier molecular flexibility index (Phi) is 7.25. The molecule has 1 saturated heterocycles. The summed E-state index contributed by atoms with van der Waals surface area (Å²) < 4.78 is 5.81. The number of aryl methyl sites for hydroxylation is 3. The lowest BCUT2D eigenvalue weighted by Gasteiger charge is -2.30. The first-order chi connectivity index (χ1) is 17.5. The summed E-state index contributed by atoms with van der Waals surface area (Å²) in [6, 6.07) is 5.05. The van der Waals surface area contributed by atoms with Crippen LogP contribution in [0.5, 0.6) is 5.75 Å². The SMILES string of the molecule is Cc1ccc2cc1OCCNC(=O)C[C@@H]1CC[C@H](CNC2=O)N1C(=O)CCc1n[nH]c2c1CCCC2. The van der Waals surface area contributed by atoms with E-state index in [1.807, 2.05) is 17.9 Å². The second-order valence-corrected chi connectivity index (χ2v) is 10.1. The normalized spacial score (nSPS) is 22.5. The Labute approximate surface area is 211 Å². The number of benzene rings is 1. The van der Waals surface area contributed by atoms with E-state index in [1.165, 1.54) is 17.7 Å². The summed E-state index contributed by atoms with van der Waals surface area (Å²) in [5.74, 6) is 0.365. The van der Waals surface area contributed by atoms with E-state index in [0.717, 1.165) is 43.4 Å². The van der Waals surface area contributed by atoms with Crippen molar-refractivity contribution in [3.05, 3.63) is 46.3 Å². The van der Waals surface area contributed by atoms with E-state index in [-0.39, 0.29) is 36.2 Å². The number of aromatic amines is 1. The molecule has 4 bridgehead atoms. The van der Waals surface area contributed by atoms with Crippen LogP contribution < -0.4 is 15.4 Å². The smallest absolute Gasteiger partial charge is 0.251 e. The molecule has 2 aliphatic heterocycles. The van der Waals surface area contributed by atoms with Gasteiger partial charge in [0.25, 0.3) is 5.91 Å². The van der Waals surface area contributed by atoms with Crippen LogP contribution in [0.25, 0.3) is 0 Å². The summed E-state index contributed by atoms with van der Waals surface area (Å²) in [5, 5.41) is 13.6. The van der Waals surface area contributed by atoms with Gasteiger partial charge in [0, 0.05) is 49.1 Å². The molecule has 2 atom stereocenters. The Bertz CT molecular complexity index is 1140. The van der Waals surface area contributed by atoms with Gasteiger partial charge in [0.2, 0.25) is 11.8 Å². The Morgan fingerprint density at radius 3 is 2.86 bits per heavy atom. The summed E-state index contributed by atoms with van der Waals surface area (Å²) in [5.41, 5.74) is 4.92. The highest BCUT2D eigenvalue weighted by molar-refractivity contribution is 5.94. The van der Waals surface area contributed by atoms with E-state index in [1.54, 1.807) is 12.1 Å². The third-order valence-corrected chi connectivity index (χ3v) is 7.68. The molecule has 0 unspecified atom stereocenters. The van der Waals surface area contributed by atoms with Crippen molar-refractivity contribution in [2.75, 3.05) is 19.7 Å². The van der Waals surface area contributed by atoms with Gasteiger partial charge >= 0.3 is 0 Å². The van der Waals surface area contributed by atoms with Gasteiger partial charge in [-0.05, 0) is 68.7 Å². The third-order valence-electron chi connectivity index (χ3n) is 7.68. The molecule has 0 saturated carbocycles. The molecule has 192 valence electrons. The molecular formula is C27H35N5O4. The predicted molar refractivity (Wildman–Crippen MR) is 134 cm³/mol. The zero-order chi connectivity index (χ0) is 25.1. The molecular weight excluding hydrogens is 458 g/mol. The standard InChI is InChI=1S/C27H35N5O4/c1-17-6-7-18-14-24(17)36-13-12-28-25(33)15-19-8-9-20(16-29-27(18)35)32(19)26(34)11-10-23-21-4-2-3-5-22(21)30-31-23/h6-7,14,19-20H,2-5,8-13,15-16H2,1H3,(H,28,33)(H,29,35)(H,30,31)/t19-,20+/m0/s1. The fraction of sp³-hybridized carbons (Fsp3) is 0.556. The number of carbonyl (C=O) groups excluding carboxylic acids is 3. The minimum Gasteiger partial charge on any atom is -0.491 e. The van der Waals surface area contributed by atoms with Gasteiger partial charge in [-0.15, -0.1) is 0 Å². The number of aromatic nitrogens is 2. The molecule has 3 heterocycles. The van der Waals surface area contributed by atoms with Crippen LogP contribution in [0, 0.1) is 6.92 Å². The Morgan fingerprint density at radius 2 is 1.97 bits per heavy atom. The van der Waals surface area contributed by atoms with Crippen molar-refractivity contribution in [3.8, 4) is 5.75 Å². The van der Waals surface area contributed by atoms with Gasteiger partial charge in [-0.1, -0.05) is 6.07 Å². The average molecular weight is 494 g/mol. The number of hydrogen-bond acceptors (Lipinski definition) is 5.